The predicted molar refractivity (Wildman–Crippen MR) is 83.2 cm³/mol. The Labute approximate surface area is 130 Å². The number of aryl methyl sites for hydroxylation is 1. The second-order valence-corrected chi connectivity index (χ2v) is 6.68. The Bertz CT molecular complexity index is 578. The maximum absolute atomic E-state index is 12.0. The lowest BCUT2D eigenvalue weighted by molar-refractivity contribution is -0.122. The summed E-state index contributed by atoms with van der Waals surface area (Å²) in [6, 6.07) is 0. The van der Waals surface area contributed by atoms with Crippen molar-refractivity contribution in [3.8, 4) is 0 Å². The van der Waals surface area contributed by atoms with Gasteiger partial charge in [-0.1, -0.05) is 23.8 Å². The van der Waals surface area contributed by atoms with E-state index in [2.05, 4.69) is 22.6 Å². The largest absolute Gasteiger partial charge is 0.354 e. The van der Waals surface area contributed by atoms with E-state index in [-0.39, 0.29) is 5.91 Å². The second kappa shape index (κ2) is 5.84. The molecule has 0 spiro atoms. The zero-order valence-corrected chi connectivity index (χ0v) is 13.4. The second-order valence-electron chi connectivity index (χ2n) is 6.30. The first-order valence-electron chi connectivity index (χ1n) is 7.69. The summed E-state index contributed by atoms with van der Waals surface area (Å²) in [6.45, 7) is 5.12. The van der Waals surface area contributed by atoms with Crippen molar-refractivity contribution in [1.82, 2.24) is 15.1 Å². The summed E-state index contributed by atoms with van der Waals surface area (Å²) in [7, 11) is 0. The van der Waals surface area contributed by atoms with E-state index in [0.717, 1.165) is 22.3 Å². The van der Waals surface area contributed by atoms with Crippen LogP contribution in [0.4, 0.5) is 0 Å². The standard InChI is InChI=1S/C16H22ClN3O/c1-10-16(17)11(2)20(19-10)6-5-18-15(21)9-14-8-12-3-4-13(14)7-12/h3-4,12-14H,5-9H2,1-2H3,(H,18,21)/t12-,13+,14+/m1/s1. The van der Waals surface area contributed by atoms with Crippen LogP contribution in [-0.2, 0) is 11.3 Å². The van der Waals surface area contributed by atoms with Gasteiger partial charge in [-0.25, -0.2) is 0 Å². The molecule has 1 amide bonds. The van der Waals surface area contributed by atoms with Gasteiger partial charge in [0.25, 0.3) is 0 Å². The molecule has 1 aromatic heterocycles. The fourth-order valence-electron chi connectivity index (χ4n) is 3.63. The molecule has 0 unspecified atom stereocenters. The highest BCUT2D eigenvalue weighted by Gasteiger charge is 2.36. The van der Waals surface area contributed by atoms with Crippen molar-refractivity contribution in [2.24, 2.45) is 17.8 Å². The Morgan fingerprint density at radius 3 is 2.81 bits per heavy atom. The highest BCUT2D eigenvalue weighted by Crippen LogP contribution is 2.44. The van der Waals surface area contributed by atoms with Gasteiger partial charge in [-0.3, -0.25) is 9.48 Å². The summed E-state index contributed by atoms with van der Waals surface area (Å²) in [5.41, 5.74) is 1.80. The van der Waals surface area contributed by atoms with E-state index in [1.165, 1.54) is 12.8 Å². The molecular formula is C16H22ClN3O. The summed E-state index contributed by atoms with van der Waals surface area (Å²) >= 11 is 6.11. The van der Waals surface area contributed by atoms with E-state index >= 15 is 0 Å². The lowest BCUT2D eigenvalue weighted by Crippen LogP contribution is -2.30. The number of amides is 1. The number of rotatable bonds is 5. The van der Waals surface area contributed by atoms with E-state index in [9.17, 15) is 4.79 Å². The molecule has 1 heterocycles. The van der Waals surface area contributed by atoms with Crippen LogP contribution < -0.4 is 5.32 Å². The zero-order valence-electron chi connectivity index (χ0n) is 12.6. The minimum absolute atomic E-state index is 0.161. The lowest BCUT2D eigenvalue weighted by atomic mass is 9.90. The molecule has 3 rings (SSSR count). The van der Waals surface area contributed by atoms with Crippen LogP contribution in [0.3, 0.4) is 0 Å². The number of nitrogens with one attached hydrogen (secondary N) is 1. The average molecular weight is 308 g/mol. The van der Waals surface area contributed by atoms with Crippen LogP contribution in [0.5, 0.6) is 0 Å². The molecule has 2 bridgehead atoms. The molecule has 2 aliphatic carbocycles. The normalized spacial score (nSPS) is 26.5. The number of hydrogen-bond acceptors (Lipinski definition) is 2. The van der Waals surface area contributed by atoms with Gasteiger partial charge in [0.1, 0.15) is 0 Å². The maximum atomic E-state index is 12.0. The topological polar surface area (TPSA) is 46.9 Å². The van der Waals surface area contributed by atoms with Gasteiger partial charge in [0.2, 0.25) is 5.91 Å². The van der Waals surface area contributed by atoms with Gasteiger partial charge < -0.3 is 5.32 Å². The van der Waals surface area contributed by atoms with E-state index in [1.54, 1.807) is 0 Å². The van der Waals surface area contributed by atoms with E-state index in [4.69, 9.17) is 11.6 Å². The van der Waals surface area contributed by atoms with Crippen molar-refractivity contribution in [2.45, 2.75) is 39.7 Å². The van der Waals surface area contributed by atoms with E-state index in [0.29, 0.717) is 31.3 Å². The minimum atomic E-state index is 0.161. The number of aromatic nitrogens is 2. The third-order valence-electron chi connectivity index (χ3n) is 4.80. The molecule has 1 fully saturated rings. The van der Waals surface area contributed by atoms with Crippen LogP contribution in [-0.4, -0.2) is 22.2 Å². The summed E-state index contributed by atoms with van der Waals surface area (Å²) in [5, 5.41) is 8.09. The molecule has 0 radical (unpaired) electrons. The average Bonchev–Trinajstić information content (AvgIpc) is 3.11. The molecule has 114 valence electrons. The van der Waals surface area contributed by atoms with Crippen LogP contribution in [0.2, 0.25) is 5.02 Å². The maximum Gasteiger partial charge on any atom is 0.220 e. The number of allylic oxidation sites excluding steroid dienone is 2. The van der Waals surface area contributed by atoms with Crippen molar-refractivity contribution < 1.29 is 4.79 Å². The van der Waals surface area contributed by atoms with Crippen LogP contribution in [0.1, 0.15) is 30.7 Å². The lowest BCUT2D eigenvalue weighted by Gasteiger charge is -2.17. The van der Waals surface area contributed by atoms with Crippen molar-refractivity contribution >= 4 is 17.5 Å². The monoisotopic (exact) mass is 307 g/mol. The summed E-state index contributed by atoms with van der Waals surface area (Å²) in [6.07, 6.45) is 7.70. The molecule has 21 heavy (non-hydrogen) atoms. The first-order valence-corrected chi connectivity index (χ1v) is 8.07. The van der Waals surface area contributed by atoms with Gasteiger partial charge in [0, 0.05) is 13.0 Å². The zero-order chi connectivity index (χ0) is 15.0. The molecular weight excluding hydrogens is 286 g/mol. The number of carbonyl (C=O) groups is 1. The first kappa shape index (κ1) is 14.6. The van der Waals surface area contributed by atoms with E-state index in [1.807, 2.05) is 18.5 Å². The van der Waals surface area contributed by atoms with Gasteiger partial charge in [0.05, 0.1) is 23.0 Å². The van der Waals surface area contributed by atoms with Gasteiger partial charge in [-0.2, -0.15) is 5.10 Å². The molecule has 1 N–H and O–H groups in total. The smallest absolute Gasteiger partial charge is 0.220 e. The Balaban J connectivity index is 1.44. The predicted octanol–water partition coefficient (Wildman–Crippen LogP) is 2.87. The highest BCUT2D eigenvalue weighted by molar-refractivity contribution is 6.31. The number of nitrogens with zero attached hydrogens (tertiary/aromatic N) is 2. The fraction of sp³-hybridized carbons (Fsp3) is 0.625. The molecule has 5 heteroatoms. The van der Waals surface area contributed by atoms with Crippen LogP contribution >= 0.6 is 11.6 Å². The number of hydrogen-bond donors (Lipinski definition) is 1. The summed E-state index contributed by atoms with van der Waals surface area (Å²) < 4.78 is 1.86. The van der Waals surface area contributed by atoms with Crippen LogP contribution in [0.15, 0.2) is 12.2 Å². The van der Waals surface area contributed by atoms with Crippen molar-refractivity contribution in [3.63, 3.8) is 0 Å². The minimum Gasteiger partial charge on any atom is -0.354 e. The molecule has 0 aliphatic heterocycles. The molecule has 2 aliphatic rings. The molecule has 1 saturated carbocycles. The van der Waals surface area contributed by atoms with Gasteiger partial charge in [-0.05, 0) is 44.4 Å². The molecule has 0 saturated heterocycles. The Morgan fingerprint density at radius 2 is 2.24 bits per heavy atom. The number of halogens is 1. The molecule has 4 nitrogen and oxygen atoms in total. The summed E-state index contributed by atoms with van der Waals surface area (Å²) in [4.78, 5) is 12.0. The first-order chi connectivity index (χ1) is 10.0. The van der Waals surface area contributed by atoms with Gasteiger partial charge in [-0.15, -0.1) is 0 Å². The Morgan fingerprint density at radius 1 is 1.43 bits per heavy atom. The van der Waals surface area contributed by atoms with Gasteiger partial charge in [0.15, 0.2) is 0 Å². The fourth-order valence-corrected chi connectivity index (χ4v) is 3.77. The van der Waals surface area contributed by atoms with Crippen LogP contribution in [0, 0.1) is 31.6 Å². The van der Waals surface area contributed by atoms with Crippen LogP contribution in [0.25, 0.3) is 0 Å². The van der Waals surface area contributed by atoms with Crippen molar-refractivity contribution in [2.75, 3.05) is 6.54 Å². The van der Waals surface area contributed by atoms with E-state index < -0.39 is 0 Å². The van der Waals surface area contributed by atoms with Gasteiger partial charge >= 0.3 is 0 Å². The summed E-state index contributed by atoms with van der Waals surface area (Å²) in [5.74, 6) is 2.07. The number of carbonyl (C=O) groups excluding carboxylic acids is 1. The SMILES string of the molecule is Cc1nn(CCNC(=O)C[C@@H]2C[C@@H]3C=C[C@H]2C3)c(C)c1Cl. The Hall–Kier alpha value is -1.29. The number of fused-ring (bicyclic) bond motifs is 2. The molecule has 3 atom stereocenters. The highest BCUT2D eigenvalue weighted by atomic mass is 35.5. The third-order valence-corrected chi connectivity index (χ3v) is 5.35. The van der Waals surface area contributed by atoms with Crippen molar-refractivity contribution in [3.05, 3.63) is 28.6 Å². The molecule has 0 aromatic carbocycles. The third kappa shape index (κ3) is 3.00. The van der Waals surface area contributed by atoms with Crippen molar-refractivity contribution in [1.29, 1.82) is 0 Å². The Kier molecular flexibility index (Phi) is 4.07. The molecule has 1 aromatic rings. The quantitative estimate of drug-likeness (QED) is 0.850.